The Kier molecular flexibility index (Phi) is 3.67. The number of halogens is 3. The second-order valence-electron chi connectivity index (χ2n) is 5.97. The van der Waals surface area contributed by atoms with Crippen LogP contribution < -0.4 is 0 Å². The molecule has 4 rings (SSSR count). The second kappa shape index (κ2) is 5.62. The number of nitrogens with zero attached hydrogens (tertiary/aromatic N) is 3. The average Bonchev–Trinajstić information content (AvgIpc) is 2.54. The predicted molar refractivity (Wildman–Crippen MR) is 90.5 cm³/mol. The number of aromatic nitrogens is 3. The van der Waals surface area contributed by atoms with Gasteiger partial charge in [0.2, 0.25) is 5.28 Å². The minimum absolute atomic E-state index is 0.0329. The highest BCUT2D eigenvalue weighted by atomic mass is 35.5. The van der Waals surface area contributed by atoms with Crippen LogP contribution in [0.5, 0.6) is 0 Å². The minimum Gasteiger partial charge on any atom is -0.385 e. The molecule has 4 nitrogen and oxygen atoms in total. The fraction of sp³-hybridized carbons (Fsp3) is 0.235. The number of benzene rings is 1. The lowest BCUT2D eigenvalue weighted by Gasteiger charge is -2.36. The van der Waals surface area contributed by atoms with Crippen LogP contribution >= 0.6 is 23.2 Å². The van der Waals surface area contributed by atoms with Crippen LogP contribution in [0.15, 0.2) is 30.6 Å². The van der Waals surface area contributed by atoms with Gasteiger partial charge in [0.05, 0.1) is 22.5 Å². The number of fused-ring (bicyclic) bond motifs is 1. The van der Waals surface area contributed by atoms with Crippen molar-refractivity contribution in [1.82, 2.24) is 15.0 Å². The summed E-state index contributed by atoms with van der Waals surface area (Å²) < 4.78 is 14.4. The maximum Gasteiger partial charge on any atom is 0.222 e. The molecule has 0 radical (unpaired) electrons. The molecule has 1 aliphatic carbocycles. The topological polar surface area (TPSA) is 58.9 Å². The lowest BCUT2D eigenvalue weighted by molar-refractivity contribution is -0.0389. The van der Waals surface area contributed by atoms with E-state index in [-0.39, 0.29) is 15.8 Å². The zero-order valence-electron chi connectivity index (χ0n) is 12.4. The maximum atomic E-state index is 14.4. The van der Waals surface area contributed by atoms with Gasteiger partial charge in [-0.3, -0.25) is 4.98 Å². The Balaban J connectivity index is 1.90. The SMILES string of the molecule is OC1(c2cnc3c(F)cc(-c4nc(Cl)ncc4Cl)cc3c2)CCC1. The first-order valence-electron chi connectivity index (χ1n) is 7.47. The van der Waals surface area contributed by atoms with Crippen molar-refractivity contribution in [3.63, 3.8) is 0 Å². The summed E-state index contributed by atoms with van der Waals surface area (Å²) >= 11 is 11.9. The molecule has 2 aromatic heterocycles. The zero-order chi connectivity index (χ0) is 16.9. The van der Waals surface area contributed by atoms with E-state index in [4.69, 9.17) is 23.2 Å². The molecule has 0 unspecified atom stereocenters. The summed E-state index contributed by atoms with van der Waals surface area (Å²) in [6, 6.07) is 4.82. The van der Waals surface area contributed by atoms with E-state index >= 15 is 0 Å². The molecule has 1 aliphatic rings. The quantitative estimate of drug-likeness (QED) is 0.680. The van der Waals surface area contributed by atoms with Crippen molar-refractivity contribution in [1.29, 1.82) is 0 Å². The van der Waals surface area contributed by atoms with Gasteiger partial charge in [0.1, 0.15) is 11.3 Å². The van der Waals surface area contributed by atoms with Crippen molar-refractivity contribution in [2.24, 2.45) is 0 Å². The van der Waals surface area contributed by atoms with Gasteiger partial charge in [-0.15, -0.1) is 0 Å². The van der Waals surface area contributed by atoms with Gasteiger partial charge in [0.25, 0.3) is 0 Å². The third-order valence-corrected chi connectivity index (χ3v) is 4.90. The van der Waals surface area contributed by atoms with E-state index < -0.39 is 11.4 Å². The Hall–Kier alpha value is -1.82. The van der Waals surface area contributed by atoms with E-state index in [1.54, 1.807) is 18.3 Å². The van der Waals surface area contributed by atoms with E-state index in [2.05, 4.69) is 15.0 Å². The summed E-state index contributed by atoms with van der Waals surface area (Å²) in [5.41, 5.74) is 0.911. The fourth-order valence-electron chi connectivity index (χ4n) is 2.95. The van der Waals surface area contributed by atoms with Gasteiger partial charge in [-0.1, -0.05) is 11.6 Å². The van der Waals surface area contributed by atoms with Crippen molar-refractivity contribution < 1.29 is 9.50 Å². The Morgan fingerprint density at radius 1 is 1.08 bits per heavy atom. The molecule has 1 saturated carbocycles. The van der Waals surface area contributed by atoms with Crippen molar-refractivity contribution in [3.8, 4) is 11.3 Å². The second-order valence-corrected chi connectivity index (χ2v) is 6.72. The molecular formula is C17H12Cl2FN3O. The van der Waals surface area contributed by atoms with Gasteiger partial charge in [0, 0.05) is 22.7 Å². The third kappa shape index (κ3) is 2.53. The fourth-order valence-corrected chi connectivity index (χ4v) is 3.28. The van der Waals surface area contributed by atoms with Gasteiger partial charge >= 0.3 is 0 Å². The van der Waals surface area contributed by atoms with E-state index in [0.29, 0.717) is 35.0 Å². The standard InChI is InChI=1S/C17H12Cl2FN3O/c18-12-8-22-16(19)23-14(12)10-4-9-5-11(17(24)2-1-3-17)7-21-15(9)13(20)6-10/h4-8,24H,1-3H2. The summed E-state index contributed by atoms with van der Waals surface area (Å²) in [5.74, 6) is -0.486. The summed E-state index contributed by atoms with van der Waals surface area (Å²) in [4.78, 5) is 12.1. The summed E-state index contributed by atoms with van der Waals surface area (Å²) in [5, 5.41) is 11.4. The van der Waals surface area contributed by atoms with Gasteiger partial charge in [0.15, 0.2) is 0 Å². The van der Waals surface area contributed by atoms with Crippen molar-refractivity contribution >= 4 is 34.1 Å². The average molecular weight is 364 g/mol. The molecule has 1 N–H and O–H groups in total. The first kappa shape index (κ1) is 15.7. The molecule has 1 aromatic carbocycles. The Morgan fingerprint density at radius 3 is 2.58 bits per heavy atom. The first-order chi connectivity index (χ1) is 11.5. The molecule has 2 heterocycles. The van der Waals surface area contributed by atoms with Crippen LogP contribution in [-0.4, -0.2) is 20.1 Å². The normalized spacial score (nSPS) is 16.2. The molecule has 0 spiro atoms. The molecule has 122 valence electrons. The molecule has 0 bridgehead atoms. The molecule has 0 aliphatic heterocycles. The summed E-state index contributed by atoms with van der Waals surface area (Å²) in [6.45, 7) is 0. The lowest BCUT2D eigenvalue weighted by Crippen LogP contribution is -2.33. The van der Waals surface area contributed by atoms with Crippen LogP contribution in [0, 0.1) is 5.82 Å². The van der Waals surface area contributed by atoms with Crippen LogP contribution in [0.4, 0.5) is 4.39 Å². The van der Waals surface area contributed by atoms with E-state index in [1.165, 1.54) is 12.3 Å². The zero-order valence-corrected chi connectivity index (χ0v) is 13.9. The molecule has 0 saturated heterocycles. The predicted octanol–water partition coefficient (Wildman–Crippen LogP) is 4.51. The Labute approximate surface area is 147 Å². The molecule has 1 fully saturated rings. The minimum atomic E-state index is -0.858. The van der Waals surface area contributed by atoms with Gasteiger partial charge in [-0.2, -0.15) is 0 Å². The van der Waals surface area contributed by atoms with E-state index in [0.717, 1.165) is 6.42 Å². The number of hydrogen-bond acceptors (Lipinski definition) is 4. The highest BCUT2D eigenvalue weighted by molar-refractivity contribution is 6.33. The Morgan fingerprint density at radius 2 is 1.88 bits per heavy atom. The highest BCUT2D eigenvalue weighted by Crippen LogP contribution is 2.41. The van der Waals surface area contributed by atoms with Gasteiger partial charge in [-0.25, -0.2) is 14.4 Å². The molecule has 7 heteroatoms. The molecule has 0 atom stereocenters. The summed E-state index contributed by atoms with van der Waals surface area (Å²) in [6.07, 6.45) is 5.27. The van der Waals surface area contributed by atoms with Crippen LogP contribution in [0.3, 0.4) is 0 Å². The smallest absolute Gasteiger partial charge is 0.222 e. The number of hydrogen-bond donors (Lipinski definition) is 1. The first-order valence-corrected chi connectivity index (χ1v) is 8.22. The largest absolute Gasteiger partial charge is 0.385 e. The number of rotatable bonds is 2. The van der Waals surface area contributed by atoms with Crippen molar-refractivity contribution in [3.05, 3.63) is 52.3 Å². The monoisotopic (exact) mass is 363 g/mol. The van der Waals surface area contributed by atoms with Gasteiger partial charge < -0.3 is 5.11 Å². The van der Waals surface area contributed by atoms with Crippen molar-refractivity contribution in [2.45, 2.75) is 24.9 Å². The van der Waals surface area contributed by atoms with E-state index in [1.807, 2.05) is 0 Å². The molecule has 0 amide bonds. The molecule has 3 aromatic rings. The number of aliphatic hydroxyl groups is 1. The molecule has 24 heavy (non-hydrogen) atoms. The maximum absolute atomic E-state index is 14.4. The summed E-state index contributed by atoms with van der Waals surface area (Å²) in [7, 11) is 0. The van der Waals surface area contributed by atoms with Crippen LogP contribution in [0.1, 0.15) is 24.8 Å². The van der Waals surface area contributed by atoms with E-state index in [9.17, 15) is 9.50 Å². The van der Waals surface area contributed by atoms with Crippen LogP contribution in [0.25, 0.3) is 22.2 Å². The highest BCUT2D eigenvalue weighted by Gasteiger charge is 2.36. The van der Waals surface area contributed by atoms with Crippen LogP contribution in [0.2, 0.25) is 10.3 Å². The number of pyridine rings is 1. The Bertz CT molecular complexity index is 960. The molecular weight excluding hydrogens is 352 g/mol. The third-order valence-electron chi connectivity index (χ3n) is 4.44. The van der Waals surface area contributed by atoms with Crippen molar-refractivity contribution in [2.75, 3.05) is 0 Å². The van der Waals surface area contributed by atoms with Crippen LogP contribution in [-0.2, 0) is 5.60 Å². The lowest BCUT2D eigenvalue weighted by atomic mass is 9.75. The van der Waals surface area contributed by atoms with Gasteiger partial charge in [-0.05, 0) is 49.1 Å².